The molecule has 0 spiro atoms. The number of nitrogens with zero attached hydrogens (tertiary/aromatic N) is 1. The van der Waals surface area contributed by atoms with Crippen LogP contribution in [0.1, 0.15) is 12.0 Å². The number of ketones is 1. The van der Waals surface area contributed by atoms with E-state index in [1.165, 1.54) is 6.07 Å². The van der Waals surface area contributed by atoms with Gasteiger partial charge >= 0.3 is 0 Å². The van der Waals surface area contributed by atoms with E-state index in [2.05, 4.69) is 5.32 Å². The summed E-state index contributed by atoms with van der Waals surface area (Å²) in [5, 5.41) is 2.75. The summed E-state index contributed by atoms with van der Waals surface area (Å²) in [4.78, 5) is 25.0. The number of nitrogens with one attached hydrogen (secondary N) is 1. The lowest BCUT2D eigenvalue weighted by Gasteiger charge is -2.17. The molecule has 0 saturated carbocycles. The van der Waals surface area contributed by atoms with Gasteiger partial charge in [-0.05, 0) is 11.6 Å². The lowest BCUT2D eigenvalue weighted by Crippen LogP contribution is -2.33. The van der Waals surface area contributed by atoms with Gasteiger partial charge in [-0.15, -0.1) is 0 Å². The van der Waals surface area contributed by atoms with E-state index < -0.39 is 0 Å². The maximum absolute atomic E-state index is 13.4. The first-order valence-electron chi connectivity index (χ1n) is 6.39. The average molecular weight is 264 g/mol. The number of benzene rings is 1. The van der Waals surface area contributed by atoms with Crippen LogP contribution in [0.3, 0.4) is 0 Å². The summed E-state index contributed by atoms with van der Waals surface area (Å²) >= 11 is 0. The number of rotatable bonds is 4. The third-order valence-electron chi connectivity index (χ3n) is 3.15. The fourth-order valence-corrected chi connectivity index (χ4v) is 2.13. The molecule has 1 aliphatic rings. The summed E-state index contributed by atoms with van der Waals surface area (Å²) in [6, 6.07) is 6.31. The molecule has 0 unspecified atom stereocenters. The first-order valence-corrected chi connectivity index (χ1v) is 6.39. The number of amides is 1. The summed E-state index contributed by atoms with van der Waals surface area (Å²) in [6.45, 7) is 2.07. The lowest BCUT2D eigenvalue weighted by atomic mass is 10.1. The second-order valence-electron chi connectivity index (χ2n) is 4.68. The molecular formula is C14H17FN2O2. The van der Waals surface area contributed by atoms with E-state index in [-0.39, 0.29) is 30.5 Å². The Morgan fingerprint density at radius 1 is 1.32 bits per heavy atom. The van der Waals surface area contributed by atoms with E-state index >= 15 is 0 Å². The van der Waals surface area contributed by atoms with Gasteiger partial charge in [0.2, 0.25) is 5.91 Å². The van der Waals surface area contributed by atoms with Gasteiger partial charge in [-0.2, -0.15) is 0 Å². The van der Waals surface area contributed by atoms with E-state index in [0.29, 0.717) is 31.6 Å². The molecule has 0 radical (unpaired) electrons. The summed E-state index contributed by atoms with van der Waals surface area (Å²) in [5.74, 6) is -0.355. The number of hydrogen-bond donors (Lipinski definition) is 1. The largest absolute Gasteiger partial charge is 0.355 e. The molecule has 2 rings (SSSR count). The smallest absolute Gasteiger partial charge is 0.221 e. The zero-order valence-corrected chi connectivity index (χ0v) is 10.7. The van der Waals surface area contributed by atoms with Crippen molar-refractivity contribution in [1.82, 2.24) is 10.2 Å². The monoisotopic (exact) mass is 264 g/mol. The number of Topliss-reactive ketones (excluding diaryl/α,β-unsaturated/α-hetero) is 1. The van der Waals surface area contributed by atoms with Crippen LogP contribution in [0.4, 0.5) is 4.39 Å². The van der Waals surface area contributed by atoms with Crippen LogP contribution in [0, 0.1) is 5.82 Å². The Bertz CT molecular complexity index is 476. The number of hydrogen-bond acceptors (Lipinski definition) is 3. The molecule has 1 N–H and O–H groups in total. The Labute approximate surface area is 111 Å². The van der Waals surface area contributed by atoms with Crippen molar-refractivity contribution in [3.05, 3.63) is 35.6 Å². The van der Waals surface area contributed by atoms with E-state index in [9.17, 15) is 14.0 Å². The van der Waals surface area contributed by atoms with Crippen LogP contribution < -0.4 is 5.32 Å². The Hall–Kier alpha value is -1.75. The van der Waals surface area contributed by atoms with Gasteiger partial charge in [0.05, 0.1) is 6.54 Å². The van der Waals surface area contributed by atoms with Gasteiger partial charge in [-0.3, -0.25) is 14.5 Å². The van der Waals surface area contributed by atoms with Crippen molar-refractivity contribution in [3.63, 3.8) is 0 Å². The molecule has 1 amide bonds. The highest BCUT2D eigenvalue weighted by Gasteiger charge is 2.16. The molecule has 19 heavy (non-hydrogen) atoms. The van der Waals surface area contributed by atoms with Crippen LogP contribution in [-0.2, 0) is 16.0 Å². The van der Waals surface area contributed by atoms with Crippen molar-refractivity contribution in [3.8, 4) is 0 Å². The van der Waals surface area contributed by atoms with E-state index in [4.69, 9.17) is 0 Å². The van der Waals surface area contributed by atoms with Crippen molar-refractivity contribution in [1.29, 1.82) is 0 Å². The predicted molar refractivity (Wildman–Crippen MR) is 69.2 cm³/mol. The third-order valence-corrected chi connectivity index (χ3v) is 3.15. The molecule has 0 aromatic heterocycles. The lowest BCUT2D eigenvalue weighted by molar-refractivity contribution is -0.121. The van der Waals surface area contributed by atoms with Gasteiger partial charge in [0.1, 0.15) is 5.82 Å². The predicted octanol–water partition coefficient (Wildman–Crippen LogP) is 0.759. The highest BCUT2D eigenvalue weighted by molar-refractivity contribution is 5.83. The third kappa shape index (κ3) is 4.13. The van der Waals surface area contributed by atoms with Gasteiger partial charge in [0.25, 0.3) is 0 Å². The van der Waals surface area contributed by atoms with Gasteiger partial charge in [0.15, 0.2) is 5.78 Å². The van der Waals surface area contributed by atoms with Crippen molar-refractivity contribution >= 4 is 11.7 Å². The quantitative estimate of drug-likeness (QED) is 0.873. The van der Waals surface area contributed by atoms with Crippen LogP contribution in [-0.4, -0.2) is 42.8 Å². The summed E-state index contributed by atoms with van der Waals surface area (Å²) < 4.78 is 13.4. The minimum Gasteiger partial charge on any atom is -0.355 e. The van der Waals surface area contributed by atoms with Crippen LogP contribution in [0.2, 0.25) is 0 Å². The van der Waals surface area contributed by atoms with Crippen molar-refractivity contribution < 1.29 is 14.0 Å². The molecule has 1 saturated heterocycles. The van der Waals surface area contributed by atoms with E-state index in [0.717, 1.165) is 0 Å². The number of carbonyl (C=O) groups is 2. The van der Waals surface area contributed by atoms with Crippen molar-refractivity contribution in [2.75, 3.05) is 26.2 Å². The molecule has 1 aromatic rings. The fourth-order valence-electron chi connectivity index (χ4n) is 2.13. The molecule has 102 valence electrons. The fraction of sp³-hybridized carbons (Fsp3) is 0.429. The first kappa shape index (κ1) is 13.7. The highest BCUT2D eigenvalue weighted by Crippen LogP contribution is 2.08. The molecule has 0 bridgehead atoms. The maximum atomic E-state index is 13.4. The van der Waals surface area contributed by atoms with Crippen LogP contribution in [0.15, 0.2) is 24.3 Å². The molecule has 1 heterocycles. The Morgan fingerprint density at radius 3 is 2.89 bits per heavy atom. The molecular weight excluding hydrogens is 247 g/mol. The van der Waals surface area contributed by atoms with Gasteiger partial charge in [0, 0.05) is 32.5 Å². The standard InChI is InChI=1S/C14H17FN2O2/c15-13-4-2-1-3-11(13)9-12(18)10-17-7-5-14(19)16-6-8-17/h1-4H,5-10H2,(H,16,19). The zero-order chi connectivity index (χ0) is 13.7. The summed E-state index contributed by atoms with van der Waals surface area (Å²) in [7, 11) is 0. The van der Waals surface area contributed by atoms with Crippen LogP contribution in [0.5, 0.6) is 0 Å². The Kier molecular flexibility index (Phi) is 4.63. The first-order chi connectivity index (χ1) is 9.15. The molecule has 0 atom stereocenters. The Balaban J connectivity index is 1.87. The molecule has 0 aliphatic carbocycles. The maximum Gasteiger partial charge on any atom is 0.221 e. The molecule has 1 aliphatic heterocycles. The van der Waals surface area contributed by atoms with Gasteiger partial charge in [-0.1, -0.05) is 18.2 Å². The average Bonchev–Trinajstić information content (AvgIpc) is 2.57. The van der Waals surface area contributed by atoms with Crippen LogP contribution >= 0.6 is 0 Å². The van der Waals surface area contributed by atoms with Gasteiger partial charge in [-0.25, -0.2) is 4.39 Å². The topological polar surface area (TPSA) is 49.4 Å². The summed E-state index contributed by atoms with van der Waals surface area (Å²) in [5.41, 5.74) is 0.427. The van der Waals surface area contributed by atoms with Crippen molar-refractivity contribution in [2.45, 2.75) is 12.8 Å². The molecule has 1 aromatic carbocycles. The van der Waals surface area contributed by atoms with Gasteiger partial charge < -0.3 is 5.32 Å². The summed E-state index contributed by atoms with van der Waals surface area (Å²) in [6.07, 6.45) is 0.511. The normalized spacial score (nSPS) is 16.8. The molecule has 1 fully saturated rings. The number of halogens is 1. The SMILES string of the molecule is O=C(Cc1ccccc1F)CN1CCNC(=O)CC1. The Morgan fingerprint density at radius 2 is 2.11 bits per heavy atom. The van der Waals surface area contributed by atoms with E-state index in [1.807, 2.05) is 4.90 Å². The number of carbonyl (C=O) groups excluding carboxylic acids is 2. The van der Waals surface area contributed by atoms with Crippen LogP contribution in [0.25, 0.3) is 0 Å². The zero-order valence-electron chi connectivity index (χ0n) is 10.7. The second-order valence-corrected chi connectivity index (χ2v) is 4.68. The minimum absolute atomic E-state index is 0.0176. The molecule has 4 nitrogen and oxygen atoms in total. The minimum atomic E-state index is -0.344. The van der Waals surface area contributed by atoms with E-state index in [1.54, 1.807) is 18.2 Å². The molecule has 5 heteroatoms. The second kappa shape index (κ2) is 6.43. The highest BCUT2D eigenvalue weighted by atomic mass is 19.1. The van der Waals surface area contributed by atoms with Crippen molar-refractivity contribution in [2.24, 2.45) is 0 Å².